The van der Waals surface area contributed by atoms with E-state index in [1.54, 1.807) is 48.5 Å². The van der Waals surface area contributed by atoms with Crippen molar-refractivity contribution < 1.29 is 18.3 Å². The van der Waals surface area contributed by atoms with E-state index < -0.39 is 16.6 Å². The lowest BCUT2D eigenvalue weighted by Gasteiger charge is -2.05. The maximum Gasteiger partial charge on any atom is 0.318 e. The average Bonchev–Trinajstić information content (AvgIpc) is 2.61. The molecule has 0 spiro atoms. The summed E-state index contributed by atoms with van der Waals surface area (Å²) in [5, 5.41) is 7.67. The van der Waals surface area contributed by atoms with Crippen molar-refractivity contribution in [1.29, 1.82) is 0 Å². The number of hydrogen-bond donors (Lipinski definition) is 0. The molecule has 3 rings (SSSR count). The third kappa shape index (κ3) is 3.20. The van der Waals surface area contributed by atoms with Crippen molar-refractivity contribution in [2.75, 3.05) is 7.11 Å². The van der Waals surface area contributed by atoms with E-state index in [1.165, 1.54) is 7.11 Å². The molecule has 23 heavy (non-hydrogen) atoms. The topological polar surface area (TPSA) is 92.5 Å². The molecule has 1 atom stereocenters. The molecule has 0 aliphatic heterocycles. The van der Waals surface area contributed by atoms with Gasteiger partial charge in [0.25, 0.3) is 0 Å². The highest BCUT2D eigenvalue weighted by Crippen LogP contribution is 2.14. The van der Waals surface area contributed by atoms with Crippen molar-refractivity contribution in [2.24, 2.45) is 0 Å². The maximum atomic E-state index is 12.1. The summed E-state index contributed by atoms with van der Waals surface area (Å²) < 4.78 is 21.7. The van der Waals surface area contributed by atoms with Crippen LogP contribution in [0.2, 0.25) is 0 Å². The van der Waals surface area contributed by atoms with Crippen molar-refractivity contribution >= 4 is 22.0 Å². The molecule has 8 nitrogen and oxygen atoms in total. The fourth-order valence-electron chi connectivity index (χ4n) is 1.81. The van der Waals surface area contributed by atoms with Crippen LogP contribution in [0.15, 0.2) is 58.2 Å². The number of hydrogen-bond acceptors (Lipinski definition) is 7. The van der Waals surface area contributed by atoms with E-state index in [9.17, 15) is 9.00 Å². The van der Waals surface area contributed by atoms with Crippen molar-refractivity contribution in [3.05, 3.63) is 58.9 Å². The Balaban J connectivity index is 1.76. The van der Waals surface area contributed by atoms with E-state index in [-0.39, 0.29) is 0 Å². The summed E-state index contributed by atoms with van der Waals surface area (Å²) in [6, 6.07) is 13.0. The molecule has 3 aromatic rings. The Morgan fingerprint density at radius 2 is 1.83 bits per heavy atom. The molecule has 0 saturated carbocycles. The molecule has 0 fully saturated rings. The third-order valence-electron chi connectivity index (χ3n) is 2.96. The molecular weight excluding hydrogens is 322 g/mol. The number of rotatable bonds is 5. The Bertz CT molecular complexity index is 910. The lowest BCUT2D eigenvalue weighted by Crippen LogP contribution is -2.31. The first-order chi connectivity index (χ1) is 11.2. The number of benzene rings is 2. The van der Waals surface area contributed by atoms with Gasteiger partial charge in [-0.15, -0.1) is 5.10 Å². The molecule has 1 heterocycles. The van der Waals surface area contributed by atoms with Crippen molar-refractivity contribution in [1.82, 2.24) is 15.2 Å². The smallest absolute Gasteiger partial charge is 0.318 e. The van der Waals surface area contributed by atoms with Gasteiger partial charge in [-0.05, 0) is 41.6 Å². The second-order valence-electron chi connectivity index (χ2n) is 4.34. The third-order valence-corrected chi connectivity index (χ3v) is 3.80. The van der Waals surface area contributed by atoms with Crippen LogP contribution in [0, 0.1) is 0 Å². The second kappa shape index (κ2) is 6.55. The molecule has 0 amide bonds. The van der Waals surface area contributed by atoms with Gasteiger partial charge in [0.05, 0.1) is 17.4 Å². The zero-order valence-electron chi connectivity index (χ0n) is 11.9. The molecule has 9 heteroatoms. The summed E-state index contributed by atoms with van der Waals surface area (Å²) in [5.41, 5.74) is -0.143. The van der Waals surface area contributed by atoms with E-state index in [0.29, 0.717) is 26.4 Å². The highest BCUT2D eigenvalue weighted by molar-refractivity contribution is 7.80. The normalized spacial score (nSPS) is 12.0. The van der Waals surface area contributed by atoms with Gasteiger partial charge < -0.3 is 4.74 Å². The highest BCUT2D eigenvalue weighted by Gasteiger charge is 2.11. The zero-order valence-corrected chi connectivity index (χ0v) is 12.7. The van der Waals surface area contributed by atoms with E-state index in [2.05, 4.69) is 10.3 Å². The molecule has 0 aliphatic carbocycles. The van der Waals surface area contributed by atoms with Crippen LogP contribution in [0.3, 0.4) is 0 Å². The number of methoxy groups -OCH3 is 1. The van der Waals surface area contributed by atoms with Crippen molar-refractivity contribution in [2.45, 2.75) is 4.90 Å². The van der Waals surface area contributed by atoms with Crippen molar-refractivity contribution in [3.63, 3.8) is 0 Å². The van der Waals surface area contributed by atoms with Gasteiger partial charge in [-0.3, -0.25) is 4.79 Å². The highest BCUT2D eigenvalue weighted by atomic mass is 32.2. The molecule has 2 aromatic carbocycles. The predicted octanol–water partition coefficient (Wildman–Crippen LogP) is 0.883. The summed E-state index contributed by atoms with van der Waals surface area (Å²) in [4.78, 5) is 17.7. The van der Waals surface area contributed by atoms with E-state index in [1.807, 2.05) is 0 Å². The second-order valence-corrected chi connectivity index (χ2v) is 5.41. The number of aromatic nitrogens is 3. The van der Waals surface area contributed by atoms with Gasteiger partial charge in [0.15, 0.2) is 0 Å². The quantitative estimate of drug-likeness (QED) is 0.505. The van der Waals surface area contributed by atoms with Gasteiger partial charge in [-0.2, -0.15) is 0 Å². The van der Waals surface area contributed by atoms with Crippen LogP contribution in [0.1, 0.15) is 0 Å². The molecule has 118 valence electrons. The molecule has 0 N–H and O–H groups in total. The summed E-state index contributed by atoms with van der Waals surface area (Å²) in [7, 11) is 1.52. The Morgan fingerprint density at radius 1 is 1.09 bits per heavy atom. The van der Waals surface area contributed by atoms with Crippen LogP contribution >= 0.6 is 0 Å². The number of fused-ring (bicyclic) bond motifs is 1. The molecule has 1 unspecified atom stereocenters. The van der Waals surface area contributed by atoms with Crippen LogP contribution in [0.5, 0.6) is 5.75 Å². The fraction of sp³-hybridized carbons (Fsp3) is 0.0714. The molecule has 0 radical (unpaired) electrons. The van der Waals surface area contributed by atoms with E-state index in [4.69, 9.17) is 14.1 Å². The molecule has 0 saturated heterocycles. The Morgan fingerprint density at radius 3 is 2.57 bits per heavy atom. The summed E-state index contributed by atoms with van der Waals surface area (Å²) in [5.74, 6) is 0.614. The zero-order chi connectivity index (χ0) is 16.2. The van der Waals surface area contributed by atoms with Crippen molar-refractivity contribution in [3.8, 4) is 5.75 Å². The minimum Gasteiger partial charge on any atom is -0.497 e. The van der Waals surface area contributed by atoms with Crippen LogP contribution < -0.4 is 15.3 Å². The molecule has 0 bridgehead atoms. The van der Waals surface area contributed by atoms with Gasteiger partial charge in [0.1, 0.15) is 11.3 Å². The standard InChI is InChI=1S/C14H11N3O5S/c1-20-10-6-8-11(9-7-10)23(19)22-21-17-14(18)12-4-2-3-5-13(12)15-16-17/h2-9H,1H3. The molecular formula is C14H11N3O5S. The molecule has 0 aliphatic rings. The number of nitrogens with zero attached hydrogens (tertiary/aromatic N) is 3. The Hall–Kier alpha value is -2.78. The monoisotopic (exact) mass is 333 g/mol. The van der Waals surface area contributed by atoms with Crippen LogP contribution in [-0.4, -0.2) is 26.5 Å². The van der Waals surface area contributed by atoms with E-state index in [0.717, 1.165) is 0 Å². The largest absolute Gasteiger partial charge is 0.497 e. The lowest BCUT2D eigenvalue weighted by molar-refractivity contribution is -0.216. The van der Waals surface area contributed by atoms with Crippen LogP contribution in [0.25, 0.3) is 10.9 Å². The SMILES string of the molecule is COc1ccc(S(=O)OOn2nnc3ccccc3c2=O)cc1. The van der Waals surface area contributed by atoms with Gasteiger partial charge in [0.2, 0.25) is 11.1 Å². The average molecular weight is 333 g/mol. The Labute approximate surface area is 132 Å². The summed E-state index contributed by atoms with van der Waals surface area (Å²) >= 11 is -1.94. The predicted molar refractivity (Wildman–Crippen MR) is 80.9 cm³/mol. The fourth-order valence-corrected chi connectivity index (χ4v) is 2.36. The number of ether oxygens (including phenoxy) is 1. The lowest BCUT2D eigenvalue weighted by atomic mass is 10.2. The van der Waals surface area contributed by atoms with Gasteiger partial charge >= 0.3 is 5.56 Å². The minimum absolute atomic E-state index is 0.307. The van der Waals surface area contributed by atoms with Crippen LogP contribution in [0.4, 0.5) is 0 Å². The Kier molecular flexibility index (Phi) is 4.31. The maximum absolute atomic E-state index is 12.1. The first kappa shape index (κ1) is 15.1. The van der Waals surface area contributed by atoms with Crippen LogP contribution in [-0.2, 0) is 15.4 Å². The van der Waals surface area contributed by atoms with Gasteiger partial charge in [0, 0.05) is 4.85 Å². The van der Waals surface area contributed by atoms with Gasteiger partial charge in [-0.1, -0.05) is 16.5 Å². The molecule has 1 aromatic heterocycles. The minimum atomic E-state index is -1.94. The summed E-state index contributed by atoms with van der Waals surface area (Å²) in [6.45, 7) is 0. The van der Waals surface area contributed by atoms with E-state index >= 15 is 0 Å². The summed E-state index contributed by atoms with van der Waals surface area (Å²) in [6.07, 6.45) is 0. The van der Waals surface area contributed by atoms with Gasteiger partial charge in [-0.25, -0.2) is 9.20 Å². The first-order valence-corrected chi connectivity index (χ1v) is 7.52. The first-order valence-electron chi connectivity index (χ1n) is 6.45.